The maximum absolute atomic E-state index is 9.99. The highest BCUT2D eigenvalue weighted by Gasteiger charge is 1.92. The van der Waals surface area contributed by atoms with Gasteiger partial charge in [-0.1, -0.05) is 11.8 Å². The summed E-state index contributed by atoms with van der Waals surface area (Å²) in [5.74, 6) is 5.62. The number of hydrogen-bond acceptors (Lipinski definition) is 2. The van der Waals surface area contributed by atoms with Crippen molar-refractivity contribution in [2.24, 2.45) is 0 Å². The van der Waals surface area contributed by atoms with Crippen molar-refractivity contribution in [3.63, 3.8) is 0 Å². The molecule has 1 aromatic rings. The Hall–Kier alpha value is -1.75. The molecule has 13 heavy (non-hydrogen) atoms. The quantitative estimate of drug-likeness (QED) is 0.397. The minimum atomic E-state index is 0.281. The van der Waals surface area contributed by atoms with Gasteiger partial charge in [0, 0.05) is 11.3 Å². The van der Waals surface area contributed by atoms with Crippen LogP contribution < -0.4 is 5.73 Å². The highest BCUT2D eigenvalue weighted by atomic mass is 16.1. The Morgan fingerprint density at radius 3 is 2.92 bits per heavy atom. The van der Waals surface area contributed by atoms with Gasteiger partial charge < -0.3 is 10.5 Å². The van der Waals surface area contributed by atoms with Crippen LogP contribution in [-0.4, -0.2) is 6.29 Å². The Morgan fingerprint density at radius 2 is 2.31 bits per heavy atom. The molecular weight excluding hydrogens is 162 g/mol. The first-order valence-electron chi connectivity index (χ1n) is 4.02. The second-order valence-electron chi connectivity index (χ2n) is 2.74. The van der Waals surface area contributed by atoms with Gasteiger partial charge in [-0.15, -0.1) is 0 Å². The summed E-state index contributed by atoms with van der Waals surface area (Å²) < 4.78 is 0. The molecule has 0 unspecified atom stereocenters. The normalized spacial score (nSPS) is 8.69. The van der Waals surface area contributed by atoms with Gasteiger partial charge in [-0.05, 0) is 30.7 Å². The third kappa shape index (κ3) is 2.64. The number of aldehydes is 1. The van der Waals surface area contributed by atoms with Crippen LogP contribution in [-0.2, 0) is 4.79 Å². The van der Waals surface area contributed by atoms with Gasteiger partial charge in [0.1, 0.15) is 6.29 Å². The third-order valence-corrected chi connectivity index (χ3v) is 1.69. The Kier molecular flexibility index (Phi) is 3.10. The van der Waals surface area contributed by atoms with Crippen LogP contribution in [0.4, 0.5) is 5.69 Å². The van der Waals surface area contributed by atoms with Crippen LogP contribution >= 0.6 is 0 Å². The Bertz CT molecular complexity index is 371. The second-order valence-corrected chi connectivity index (χ2v) is 2.74. The van der Waals surface area contributed by atoms with Crippen molar-refractivity contribution in [3.8, 4) is 11.8 Å². The molecule has 1 aromatic carbocycles. The highest BCUT2D eigenvalue weighted by molar-refractivity contribution is 5.56. The first-order valence-corrected chi connectivity index (χ1v) is 4.02. The van der Waals surface area contributed by atoms with Crippen molar-refractivity contribution in [1.82, 2.24) is 0 Å². The average molecular weight is 173 g/mol. The summed E-state index contributed by atoms with van der Waals surface area (Å²) in [6.07, 6.45) is 1.07. The number of nitrogen functional groups attached to an aromatic ring is 1. The monoisotopic (exact) mass is 173 g/mol. The molecule has 0 bridgehead atoms. The zero-order chi connectivity index (χ0) is 9.68. The largest absolute Gasteiger partial charge is 0.399 e. The molecule has 0 aliphatic carbocycles. The van der Waals surface area contributed by atoms with Gasteiger partial charge in [0.05, 0.1) is 6.42 Å². The summed E-state index contributed by atoms with van der Waals surface area (Å²) >= 11 is 0. The SMILES string of the molecule is Cc1cc(C#CCC=O)ccc1N. The fourth-order valence-electron chi connectivity index (χ4n) is 0.948. The van der Waals surface area contributed by atoms with Crippen molar-refractivity contribution in [2.75, 3.05) is 5.73 Å². The van der Waals surface area contributed by atoms with Gasteiger partial charge in [-0.2, -0.15) is 0 Å². The van der Waals surface area contributed by atoms with Crippen LogP contribution in [0.3, 0.4) is 0 Å². The molecule has 0 heterocycles. The topological polar surface area (TPSA) is 43.1 Å². The fourth-order valence-corrected chi connectivity index (χ4v) is 0.948. The van der Waals surface area contributed by atoms with Crippen LogP contribution in [0.2, 0.25) is 0 Å². The zero-order valence-electron chi connectivity index (χ0n) is 7.50. The lowest BCUT2D eigenvalue weighted by Gasteiger charge is -1.98. The van der Waals surface area contributed by atoms with Crippen LogP contribution in [0.15, 0.2) is 18.2 Å². The van der Waals surface area contributed by atoms with E-state index in [9.17, 15) is 4.79 Å². The lowest BCUT2D eigenvalue weighted by Crippen LogP contribution is -1.89. The molecule has 0 aliphatic heterocycles. The van der Waals surface area contributed by atoms with Crippen LogP contribution in [0.25, 0.3) is 0 Å². The summed E-state index contributed by atoms with van der Waals surface area (Å²) in [5.41, 5.74) is 8.31. The predicted molar refractivity (Wildman–Crippen MR) is 53.2 cm³/mol. The Labute approximate surface area is 77.8 Å². The van der Waals surface area contributed by atoms with E-state index in [1.807, 2.05) is 25.1 Å². The minimum absolute atomic E-state index is 0.281. The molecule has 0 spiro atoms. The molecule has 2 heteroatoms. The summed E-state index contributed by atoms with van der Waals surface area (Å²) in [6, 6.07) is 5.58. The van der Waals surface area contributed by atoms with Gasteiger partial charge in [0.15, 0.2) is 0 Å². The number of nitrogens with two attached hydrogens (primary N) is 1. The first-order chi connectivity index (χ1) is 6.24. The molecule has 0 atom stereocenters. The van der Waals surface area contributed by atoms with E-state index in [4.69, 9.17) is 5.73 Å². The molecule has 0 amide bonds. The second kappa shape index (κ2) is 4.32. The summed E-state index contributed by atoms with van der Waals surface area (Å²) in [6.45, 7) is 1.93. The van der Waals surface area contributed by atoms with Crippen molar-refractivity contribution < 1.29 is 4.79 Å². The molecule has 0 fully saturated rings. The standard InChI is InChI=1S/C11H11NO/c1-9-8-10(4-2-3-7-13)5-6-11(9)12/h5-8H,3,12H2,1H3. The lowest BCUT2D eigenvalue weighted by molar-refractivity contribution is -0.107. The van der Waals surface area contributed by atoms with Crippen molar-refractivity contribution >= 4 is 12.0 Å². The van der Waals surface area contributed by atoms with E-state index in [0.717, 1.165) is 23.1 Å². The summed E-state index contributed by atoms with van der Waals surface area (Å²) in [7, 11) is 0. The van der Waals surface area contributed by atoms with E-state index < -0.39 is 0 Å². The van der Waals surface area contributed by atoms with E-state index in [1.54, 1.807) is 0 Å². The smallest absolute Gasteiger partial charge is 0.131 e. The maximum atomic E-state index is 9.99. The zero-order valence-corrected chi connectivity index (χ0v) is 7.50. The Morgan fingerprint density at radius 1 is 1.54 bits per heavy atom. The van der Waals surface area contributed by atoms with Crippen molar-refractivity contribution in [1.29, 1.82) is 0 Å². The van der Waals surface area contributed by atoms with Crippen molar-refractivity contribution in [2.45, 2.75) is 13.3 Å². The van der Waals surface area contributed by atoms with E-state index in [2.05, 4.69) is 11.8 Å². The molecule has 0 saturated heterocycles. The van der Waals surface area contributed by atoms with Gasteiger partial charge in [0.2, 0.25) is 0 Å². The molecule has 2 nitrogen and oxygen atoms in total. The van der Waals surface area contributed by atoms with Crippen LogP contribution in [0, 0.1) is 18.8 Å². The number of benzene rings is 1. The molecule has 2 N–H and O–H groups in total. The van der Waals surface area contributed by atoms with Gasteiger partial charge in [-0.3, -0.25) is 0 Å². The summed E-state index contributed by atoms with van der Waals surface area (Å²) in [4.78, 5) is 9.99. The first kappa shape index (κ1) is 9.34. The van der Waals surface area contributed by atoms with Gasteiger partial charge in [-0.25, -0.2) is 0 Å². The van der Waals surface area contributed by atoms with Crippen LogP contribution in [0.1, 0.15) is 17.5 Å². The number of hydrogen-bond donors (Lipinski definition) is 1. The number of anilines is 1. The van der Waals surface area contributed by atoms with E-state index in [0.29, 0.717) is 0 Å². The predicted octanol–water partition coefficient (Wildman–Crippen LogP) is 1.52. The highest BCUT2D eigenvalue weighted by Crippen LogP contribution is 2.11. The fraction of sp³-hybridized carbons (Fsp3) is 0.182. The van der Waals surface area contributed by atoms with E-state index in [-0.39, 0.29) is 6.42 Å². The van der Waals surface area contributed by atoms with Gasteiger partial charge >= 0.3 is 0 Å². The molecular formula is C11H11NO. The molecule has 0 radical (unpaired) electrons. The molecule has 0 aromatic heterocycles. The third-order valence-electron chi connectivity index (χ3n) is 1.69. The van der Waals surface area contributed by atoms with Gasteiger partial charge in [0.25, 0.3) is 0 Å². The van der Waals surface area contributed by atoms with E-state index >= 15 is 0 Å². The number of carbonyl (C=O) groups excluding carboxylic acids is 1. The number of rotatable bonds is 1. The maximum Gasteiger partial charge on any atom is 0.131 e. The Balaban J connectivity index is 2.87. The molecule has 66 valence electrons. The van der Waals surface area contributed by atoms with Crippen molar-refractivity contribution in [3.05, 3.63) is 29.3 Å². The lowest BCUT2D eigenvalue weighted by atomic mass is 10.1. The minimum Gasteiger partial charge on any atom is -0.399 e. The average Bonchev–Trinajstić information content (AvgIpc) is 2.12. The number of aryl methyl sites for hydroxylation is 1. The molecule has 0 aliphatic rings. The number of carbonyl (C=O) groups is 1. The van der Waals surface area contributed by atoms with E-state index in [1.165, 1.54) is 0 Å². The van der Waals surface area contributed by atoms with Crippen LogP contribution in [0.5, 0.6) is 0 Å². The molecule has 1 rings (SSSR count). The summed E-state index contributed by atoms with van der Waals surface area (Å²) in [5, 5.41) is 0. The molecule has 0 saturated carbocycles.